The van der Waals surface area contributed by atoms with E-state index < -0.39 is 11.6 Å². The van der Waals surface area contributed by atoms with Crippen LogP contribution in [0.3, 0.4) is 0 Å². The molecule has 0 aliphatic carbocycles. The number of halogens is 4. The van der Waals surface area contributed by atoms with Gasteiger partial charge in [0, 0.05) is 23.4 Å². The molecule has 3 nitrogen and oxygen atoms in total. The Balaban J connectivity index is 0.00000243. The van der Waals surface area contributed by atoms with Crippen molar-refractivity contribution in [3.63, 3.8) is 0 Å². The van der Waals surface area contributed by atoms with Crippen molar-refractivity contribution in [3.05, 3.63) is 56.7 Å². The number of thiophene rings is 1. The van der Waals surface area contributed by atoms with E-state index in [-0.39, 0.29) is 36.2 Å². The number of amides is 1. The maximum Gasteiger partial charge on any atom is 0.228 e. The summed E-state index contributed by atoms with van der Waals surface area (Å²) in [6.07, 6.45) is 0.745. The van der Waals surface area contributed by atoms with E-state index >= 15 is 0 Å². The highest BCUT2D eigenvalue weighted by atomic mass is 35.5. The first-order valence-electron chi connectivity index (χ1n) is 8.17. The van der Waals surface area contributed by atoms with Crippen molar-refractivity contribution in [1.82, 2.24) is 10.6 Å². The fraction of sp³-hybridized carbons (Fsp3) is 0.389. The Kier molecular flexibility index (Phi) is 7.41. The molecule has 3 atom stereocenters. The molecule has 1 amide bonds. The summed E-state index contributed by atoms with van der Waals surface area (Å²) in [4.78, 5) is 13.5. The van der Waals surface area contributed by atoms with Gasteiger partial charge in [0.2, 0.25) is 5.91 Å². The van der Waals surface area contributed by atoms with Crippen molar-refractivity contribution in [1.29, 1.82) is 0 Å². The van der Waals surface area contributed by atoms with Gasteiger partial charge >= 0.3 is 0 Å². The number of carbonyl (C=O) groups is 1. The number of nitrogens with one attached hydrogen (secondary N) is 2. The zero-order valence-electron chi connectivity index (χ0n) is 14.1. The lowest BCUT2D eigenvalue weighted by molar-refractivity contribution is -0.123. The Bertz CT molecular complexity index is 771. The molecule has 1 aromatic carbocycles. The molecule has 1 aliphatic heterocycles. The minimum Gasteiger partial charge on any atom is -0.351 e. The number of benzene rings is 1. The highest BCUT2D eigenvalue weighted by Gasteiger charge is 2.30. The average molecular weight is 421 g/mol. The van der Waals surface area contributed by atoms with Crippen LogP contribution in [-0.2, 0) is 4.79 Å². The number of hydrogen-bond donors (Lipinski definition) is 2. The van der Waals surface area contributed by atoms with Crippen LogP contribution in [0.25, 0.3) is 0 Å². The van der Waals surface area contributed by atoms with Crippen molar-refractivity contribution in [2.24, 2.45) is 0 Å². The van der Waals surface area contributed by atoms with Gasteiger partial charge in [-0.25, -0.2) is 8.78 Å². The summed E-state index contributed by atoms with van der Waals surface area (Å²) in [6, 6.07) is 7.41. The van der Waals surface area contributed by atoms with E-state index in [4.69, 9.17) is 11.6 Å². The predicted octanol–water partition coefficient (Wildman–Crippen LogP) is 4.47. The summed E-state index contributed by atoms with van der Waals surface area (Å²) >= 11 is 7.33. The SMILES string of the molecule is CC(C(=O)NC1CNCCC1c1ccc(F)c(F)c1)c1ccc(Cl)s1.Cl. The van der Waals surface area contributed by atoms with Crippen LogP contribution in [0.2, 0.25) is 4.34 Å². The van der Waals surface area contributed by atoms with Crippen LogP contribution < -0.4 is 10.6 Å². The molecule has 1 aliphatic rings. The summed E-state index contributed by atoms with van der Waals surface area (Å²) in [5, 5.41) is 6.30. The Morgan fingerprint density at radius 2 is 2.08 bits per heavy atom. The van der Waals surface area contributed by atoms with E-state index in [1.807, 2.05) is 13.0 Å². The fourth-order valence-corrected chi connectivity index (χ4v) is 4.26. The lowest BCUT2D eigenvalue weighted by Gasteiger charge is -2.34. The zero-order valence-corrected chi connectivity index (χ0v) is 16.5. The van der Waals surface area contributed by atoms with Gasteiger partial charge in [-0.15, -0.1) is 23.7 Å². The molecule has 3 rings (SSSR count). The molecule has 2 aromatic rings. The van der Waals surface area contributed by atoms with Gasteiger partial charge in [-0.1, -0.05) is 17.7 Å². The molecule has 0 bridgehead atoms. The van der Waals surface area contributed by atoms with Gasteiger partial charge in [-0.2, -0.15) is 0 Å². The summed E-state index contributed by atoms with van der Waals surface area (Å²) < 4.78 is 27.4. The fourth-order valence-electron chi connectivity index (χ4n) is 3.15. The number of rotatable bonds is 4. The molecule has 0 saturated carbocycles. The van der Waals surface area contributed by atoms with E-state index in [0.29, 0.717) is 16.4 Å². The van der Waals surface area contributed by atoms with Crippen molar-refractivity contribution >= 4 is 41.3 Å². The Labute approximate surface area is 166 Å². The highest BCUT2D eigenvalue weighted by molar-refractivity contribution is 7.16. The van der Waals surface area contributed by atoms with Gasteiger partial charge in [0.05, 0.1) is 10.3 Å². The second kappa shape index (κ2) is 9.13. The Morgan fingerprint density at radius 3 is 2.73 bits per heavy atom. The van der Waals surface area contributed by atoms with Crippen LogP contribution in [0.15, 0.2) is 30.3 Å². The topological polar surface area (TPSA) is 41.1 Å². The van der Waals surface area contributed by atoms with Gasteiger partial charge in [-0.05, 0) is 49.7 Å². The van der Waals surface area contributed by atoms with Crippen molar-refractivity contribution in [3.8, 4) is 0 Å². The first-order valence-corrected chi connectivity index (χ1v) is 9.36. The summed E-state index contributed by atoms with van der Waals surface area (Å²) in [6.45, 7) is 3.19. The van der Waals surface area contributed by atoms with Crippen molar-refractivity contribution in [2.45, 2.75) is 31.2 Å². The second-order valence-corrected chi connectivity index (χ2v) is 8.00. The van der Waals surface area contributed by atoms with Crippen molar-refractivity contribution in [2.75, 3.05) is 13.1 Å². The molecular weight excluding hydrogens is 401 g/mol. The summed E-state index contributed by atoms with van der Waals surface area (Å²) in [7, 11) is 0. The van der Waals surface area contributed by atoms with E-state index in [2.05, 4.69) is 10.6 Å². The predicted molar refractivity (Wildman–Crippen MR) is 104 cm³/mol. The average Bonchev–Trinajstić information content (AvgIpc) is 3.03. The quantitative estimate of drug-likeness (QED) is 0.765. The Morgan fingerprint density at radius 1 is 1.31 bits per heavy atom. The van der Waals surface area contributed by atoms with Gasteiger partial charge in [0.1, 0.15) is 0 Å². The zero-order chi connectivity index (χ0) is 18.0. The molecule has 3 unspecified atom stereocenters. The first-order chi connectivity index (χ1) is 12.0. The highest BCUT2D eigenvalue weighted by Crippen LogP contribution is 2.30. The number of hydrogen-bond acceptors (Lipinski definition) is 3. The maximum atomic E-state index is 13.6. The molecule has 1 saturated heterocycles. The monoisotopic (exact) mass is 420 g/mol. The third-order valence-electron chi connectivity index (χ3n) is 4.60. The molecule has 0 radical (unpaired) electrons. The third-order valence-corrected chi connectivity index (χ3v) is 6.01. The second-order valence-electron chi connectivity index (χ2n) is 6.25. The molecular formula is C18H20Cl2F2N2OS. The molecule has 2 heterocycles. The largest absolute Gasteiger partial charge is 0.351 e. The van der Waals surface area contributed by atoms with Crippen LogP contribution in [0.4, 0.5) is 8.78 Å². The minimum absolute atomic E-state index is 0. The van der Waals surface area contributed by atoms with E-state index in [0.717, 1.165) is 23.9 Å². The molecule has 0 spiro atoms. The smallest absolute Gasteiger partial charge is 0.228 e. The lowest BCUT2D eigenvalue weighted by atomic mass is 9.85. The molecule has 8 heteroatoms. The van der Waals surface area contributed by atoms with Crippen LogP contribution in [0, 0.1) is 11.6 Å². The van der Waals surface area contributed by atoms with Gasteiger partial charge in [-0.3, -0.25) is 4.79 Å². The first kappa shape index (κ1) is 21.1. The Hall–Kier alpha value is -1.21. The number of carbonyl (C=O) groups excluding carboxylic acids is 1. The third kappa shape index (κ3) is 4.74. The summed E-state index contributed by atoms with van der Waals surface area (Å²) in [5.74, 6) is -2.19. The van der Waals surface area contributed by atoms with Crippen LogP contribution in [0.5, 0.6) is 0 Å². The summed E-state index contributed by atoms with van der Waals surface area (Å²) in [5.41, 5.74) is 0.706. The normalized spacial score (nSPS) is 20.9. The molecule has 26 heavy (non-hydrogen) atoms. The minimum atomic E-state index is -0.860. The van der Waals surface area contributed by atoms with Gasteiger partial charge < -0.3 is 10.6 Å². The van der Waals surface area contributed by atoms with Crippen LogP contribution in [-0.4, -0.2) is 25.0 Å². The molecule has 2 N–H and O–H groups in total. The van der Waals surface area contributed by atoms with Gasteiger partial charge in [0.15, 0.2) is 11.6 Å². The molecule has 1 aromatic heterocycles. The van der Waals surface area contributed by atoms with Crippen LogP contribution >= 0.6 is 35.3 Å². The van der Waals surface area contributed by atoms with Crippen molar-refractivity contribution < 1.29 is 13.6 Å². The maximum absolute atomic E-state index is 13.6. The lowest BCUT2D eigenvalue weighted by Crippen LogP contribution is -2.50. The van der Waals surface area contributed by atoms with E-state index in [1.54, 1.807) is 12.1 Å². The van der Waals surface area contributed by atoms with Gasteiger partial charge in [0.25, 0.3) is 0 Å². The molecule has 1 fully saturated rings. The van der Waals surface area contributed by atoms with E-state index in [9.17, 15) is 13.6 Å². The molecule has 142 valence electrons. The van der Waals surface area contributed by atoms with E-state index in [1.165, 1.54) is 17.4 Å². The number of piperidine rings is 1. The van der Waals surface area contributed by atoms with Crippen LogP contribution in [0.1, 0.15) is 35.6 Å². The standard InChI is InChI=1S/C18H19ClF2N2OS.ClH/c1-10(16-4-5-17(19)25-16)18(24)23-15-9-22-7-6-12(15)11-2-3-13(20)14(21)8-11;/h2-5,8,10,12,15,22H,6-7,9H2,1H3,(H,23,24);1H.